The van der Waals surface area contributed by atoms with Crippen LogP contribution in [0.5, 0.6) is 0 Å². The molecule has 5 heteroatoms. The summed E-state index contributed by atoms with van der Waals surface area (Å²) in [5.74, 6) is 0.715. The van der Waals surface area contributed by atoms with Crippen molar-refractivity contribution in [3.05, 3.63) is 48.1 Å². The van der Waals surface area contributed by atoms with Crippen LogP contribution in [0.25, 0.3) is 11.1 Å². The maximum Gasteiger partial charge on any atom is 0.209 e. The zero-order chi connectivity index (χ0) is 14.8. The first-order valence-electron chi connectivity index (χ1n) is 7.22. The van der Waals surface area contributed by atoms with Crippen LogP contribution >= 0.6 is 0 Å². The van der Waals surface area contributed by atoms with E-state index in [4.69, 9.17) is 4.42 Å². The van der Waals surface area contributed by atoms with Gasteiger partial charge in [-0.3, -0.25) is 4.68 Å². The molecule has 0 unspecified atom stereocenters. The summed E-state index contributed by atoms with van der Waals surface area (Å²) >= 11 is 0. The highest BCUT2D eigenvalue weighted by Crippen LogP contribution is 2.16. The fraction of sp³-hybridized carbons (Fsp3) is 0.375. The lowest BCUT2D eigenvalue weighted by Gasteiger charge is -2.21. The number of nitrogens with one attached hydrogen (secondary N) is 1. The standard InChI is InChI=1S/C16H20N4O/c1-11-8-18-20(10-11)13(3)12(2)17-9-16-19-14-6-4-5-7-15(14)21-16/h4-8,10,12-13,17H,9H2,1-3H3/t12-,13+/m1/s1. The SMILES string of the molecule is Cc1cnn([C@@H](C)[C@@H](C)NCc2nc3ccccc3o2)c1. The average Bonchev–Trinajstić information content (AvgIpc) is 3.09. The minimum Gasteiger partial charge on any atom is -0.439 e. The van der Waals surface area contributed by atoms with E-state index in [9.17, 15) is 0 Å². The molecule has 0 fully saturated rings. The van der Waals surface area contributed by atoms with Crippen molar-refractivity contribution in [2.24, 2.45) is 0 Å². The first-order valence-corrected chi connectivity index (χ1v) is 7.22. The first-order chi connectivity index (χ1) is 10.1. The van der Waals surface area contributed by atoms with Gasteiger partial charge in [-0.25, -0.2) is 4.98 Å². The van der Waals surface area contributed by atoms with E-state index in [0.717, 1.165) is 11.1 Å². The molecule has 0 saturated carbocycles. The van der Waals surface area contributed by atoms with Gasteiger partial charge in [0.25, 0.3) is 0 Å². The van der Waals surface area contributed by atoms with Gasteiger partial charge >= 0.3 is 0 Å². The maximum atomic E-state index is 5.71. The molecule has 0 aliphatic carbocycles. The topological polar surface area (TPSA) is 55.9 Å². The summed E-state index contributed by atoms with van der Waals surface area (Å²) in [4.78, 5) is 4.47. The van der Waals surface area contributed by atoms with Crippen molar-refractivity contribution in [1.82, 2.24) is 20.1 Å². The molecule has 0 aliphatic rings. The van der Waals surface area contributed by atoms with Gasteiger partial charge in [0.2, 0.25) is 5.89 Å². The number of aryl methyl sites for hydroxylation is 1. The third-order valence-electron chi connectivity index (χ3n) is 3.78. The fourth-order valence-electron chi connectivity index (χ4n) is 2.30. The Kier molecular flexibility index (Phi) is 3.75. The van der Waals surface area contributed by atoms with Gasteiger partial charge in [-0.15, -0.1) is 0 Å². The van der Waals surface area contributed by atoms with E-state index in [1.807, 2.05) is 42.1 Å². The van der Waals surface area contributed by atoms with Crippen molar-refractivity contribution in [2.45, 2.75) is 39.4 Å². The molecule has 5 nitrogen and oxygen atoms in total. The van der Waals surface area contributed by atoms with E-state index >= 15 is 0 Å². The molecule has 0 aliphatic heterocycles. The third kappa shape index (κ3) is 2.97. The molecular formula is C16H20N4O. The molecule has 2 atom stereocenters. The Morgan fingerprint density at radius 2 is 2.10 bits per heavy atom. The van der Waals surface area contributed by atoms with Crippen molar-refractivity contribution >= 4 is 11.1 Å². The summed E-state index contributed by atoms with van der Waals surface area (Å²) in [6, 6.07) is 8.34. The number of hydrogen-bond donors (Lipinski definition) is 1. The van der Waals surface area contributed by atoms with E-state index in [1.54, 1.807) is 0 Å². The quantitative estimate of drug-likeness (QED) is 0.782. The highest BCUT2D eigenvalue weighted by molar-refractivity contribution is 5.72. The zero-order valence-corrected chi connectivity index (χ0v) is 12.6. The summed E-state index contributed by atoms with van der Waals surface area (Å²) in [5.41, 5.74) is 2.91. The van der Waals surface area contributed by atoms with Gasteiger partial charge in [0.1, 0.15) is 5.52 Å². The monoisotopic (exact) mass is 284 g/mol. The lowest BCUT2D eigenvalue weighted by Crippen LogP contribution is -2.33. The number of benzene rings is 1. The predicted molar refractivity (Wildman–Crippen MR) is 82.0 cm³/mol. The van der Waals surface area contributed by atoms with Crippen LogP contribution in [0.3, 0.4) is 0 Å². The molecule has 110 valence electrons. The molecule has 2 heterocycles. The number of rotatable bonds is 5. The Hall–Kier alpha value is -2.14. The number of oxazole rings is 1. The van der Waals surface area contributed by atoms with Crippen LogP contribution in [-0.2, 0) is 6.54 Å². The molecule has 0 spiro atoms. The van der Waals surface area contributed by atoms with Crippen LogP contribution in [-0.4, -0.2) is 20.8 Å². The molecule has 0 radical (unpaired) electrons. The number of hydrogen-bond acceptors (Lipinski definition) is 4. The predicted octanol–water partition coefficient (Wildman–Crippen LogP) is 3.07. The molecule has 1 N–H and O–H groups in total. The summed E-state index contributed by atoms with van der Waals surface area (Å²) in [6.07, 6.45) is 3.94. The van der Waals surface area contributed by atoms with E-state index in [2.05, 4.69) is 35.4 Å². The molecule has 2 aromatic heterocycles. The molecule has 21 heavy (non-hydrogen) atoms. The third-order valence-corrected chi connectivity index (χ3v) is 3.78. The van der Waals surface area contributed by atoms with Crippen LogP contribution in [0.1, 0.15) is 31.3 Å². The maximum absolute atomic E-state index is 5.71. The van der Waals surface area contributed by atoms with Gasteiger partial charge in [0, 0.05) is 12.2 Å². The largest absolute Gasteiger partial charge is 0.439 e. The molecule has 0 bridgehead atoms. The van der Waals surface area contributed by atoms with Gasteiger partial charge in [0.15, 0.2) is 5.58 Å². The highest BCUT2D eigenvalue weighted by Gasteiger charge is 2.15. The summed E-state index contributed by atoms with van der Waals surface area (Å²) < 4.78 is 7.70. The molecule has 0 amide bonds. The minimum atomic E-state index is 0.263. The molecular weight excluding hydrogens is 264 g/mol. The highest BCUT2D eigenvalue weighted by atomic mass is 16.3. The average molecular weight is 284 g/mol. The minimum absolute atomic E-state index is 0.263. The van der Waals surface area contributed by atoms with Crippen molar-refractivity contribution in [3.8, 4) is 0 Å². The van der Waals surface area contributed by atoms with Crippen LogP contribution < -0.4 is 5.32 Å². The van der Waals surface area contributed by atoms with Crippen molar-refractivity contribution in [1.29, 1.82) is 0 Å². The summed E-state index contributed by atoms with van der Waals surface area (Å²) in [5, 5.41) is 7.81. The van der Waals surface area contributed by atoms with Gasteiger partial charge in [0.05, 0.1) is 18.8 Å². The van der Waals surface area contributed by atoms with Gasteiger partial charge in [-0.05, 0) is 38.5 Å². The molecule has 3 aromatic rings. The Bertz CT molecular complexity index is 698. The second-order valence-corrected chi connectivity index (χ2v) is 5.48. The van der Waals surface area contributed by atoms with Crippen LogP contribution in [0.15, 0.2) is 41.1 Å². The molecule has 1 aromatic carbocycles. The van der Waals surface area contributed by atoms with Gasteiger partial charge < -0.3 is 9.73 Å². The van der Waals surface area contributed by atoms with Gasteiger partial charge in [-0.2, -0.15) is 5.10 Å². The van der Waals surface area contributed by atoms with E-state index in [0.29, 0.717) is 12.4 Å². The van der Waals surface area contributed by atoms with Crippen LogP contribution in [0.2, 0.25) is 0 Å². The van der Waals surface area contributed by atoms with E-state index < -0.39 is 0 Å². The lowest BCUT2D eigenvalue weighted by molar-refractivity contribution is 0.350. The van der Waals surface area contributed by atoms with Gasteiger partial charge in [-0.1, -0.05) is 12.1 Å². The Morgan fingerprint density at radius 3 is 2.81 bits per heavy atom. The van der Waals surface area contributed by atoms with Crippen LogP contribution in [0, 0.1) is 6.92 Å². The number of aromatic nitrogens is 3. The van der Waals surface area contributed by atoms with E-state index in [1.165, 1.54) is 5.56 Å². The Labute approximate surface area is 124 Å². The van der Waals surface area contributed by atoms with Crippen LogP contribution in [0.4, 0.5) is 0 Å². The van der Waals surface area contributed by atoms with Crippen molar-refractivity contribution in [3.63, 3.8) is 0 Å². The smallest absolute Gasteiger partial charge is 0.209 e. The molecule has 0 saturated heterocycles. The second-order valence-electron chi connectivity index (χ2n) is 5.48. The number of nitrogens with zero attached hydrogens (tertiary/aromatic N) is 3. The normalized spacial score (nSPS) is 14.4. The Balaban J connectivity index is 1.63. The Morgan fingerprint density at radius 1 is 1.29 bits per heavy atom. The molecule has 3 rings (SSSR count). The summed E-state index contributed by atoms with van der Waals surface area (Å²) in [6.45, 7) is 6.95. The first kappa shape index (κ1) is 13.8. The number of fused-ring (bicyclic) bond motifs is 1. The second kappa shape index (κ2) is 5.69. The number of para-hydroxylation sites is 2. The van der Waals surface area contributed by atoms with E-state index in [-0.39, 0.29) is 12.1 Å². The lowest BCUT2D eigenvalue weighted by atomic mass is 10.2. The van der Waals surface area contributed by atoms with Crippen molar-refractivity contribution in [2.75, 3.05) is 0 Å². The summed E-state index contributed by atoms with van der Waals surface area (Å²) in [7, 11) is 0. The van der Waals surface area contributed by atoms with Crippen molar-refractivity contribution < 1.29 is 4.42 Å². The fourth-order valence-corrected chi connectivity index (χ4v) is 2.30. The zero-order valence-electron chi connectivity index (χ0n) is 12.6.